The normalized spacial score (nSPS) is 9.22. The Morgan fingerprint density at radius 2 is 2.28 bits per heavy atom. The van der Waals surface area contributed by atoms with Crippen LogP contribution in [0.25, 0.3) is 0 Å². The number of aldehydes is 1. The zero-order chi connectivity index (χ0) is 13.5. The molecule has 18 heavy (non-hydrogen) atoms. The van der Waals surface area contributed by atoms with Gasteiger partial charge >= 0.3 is 0 Å². The number of hydrogen-bond donors (Lipinski definition) is 2. The van der Waals surface area contributed by atoms with Crippen molar-refractivity contribution >= 4 is 12.2 Å². The van der Waals surface area contributed by atoms with Crippen LogP contribution in [0.4, 0.5) is 4.39 Å². The molecule has 0 unspecified atom stereocenters. The van der Waals surface area contributed by atoms with Gasteiger partial charge in [0.15, 0.2) is 17.9 Å². The first-order valence-corrected chi connectivity index (χ1v) is 5.25. The standard InChI is InChI=1S/C13H12FNO3/c1-9(17)15-5-3-2-4-10-6-11(8-16)13(18)12(14)7-10/h6-8,18H,3,5H2,1H3,(H,15,17). The molecule has 0 aliphatic carbocycles. The van der Waals surface area contributed by atoms with Crippen molar-refractivity contribution in [1.82, 2.24) is 5.32 Å². The van der Waals surface area contributed by atoms with E-state index in [4.69, 9.17) is 0 Å². The minimum absolute atomic E-state index is 0.138. The van der Waals surface area contributed by atoms with Gasteiger partial charge in [-0.2, -0.15) is 0 Å². The lowest BCUT2D eigenvalue weighted by Gasteiger charge is -1.99. The molecule has 0 saturated heterocycles. The van der Waals surface area contributed by atoms with Gasteiger partial charge in [-0.05, 0) is 12.1 Å². The molecule has 0 fully saturated rings. The Kier molecular flexibility index (Phi) is 4.88. The molecule has 5 heteroatoms. The van der Waals surface area contributed by atoms with Crippen LogP contribution in [0.1, 0.15) is 29.3 Å². The van der Waals surface area contributed by atoms with Crippen molar-refractivity contribution in [3.8, 4) is 17.6 Å². The maximum Gasteiger partial charge on any atom is 0.216 e. The summed E-state index contributed by atoms with van der Waals surface area (Å²) in [5, 5.41) is 11.8. The third-order valence-corrected chi connectivity index (χ3v) is 2.08. The Labute approximate surface area is 104 Å². The van der Waals surface area contributed by atoms with E-state index in [9.17, 15) is 19.1 Å². The number of phenols is 1. The maximum atomic E-state index is 13.2. The Morgan fingerprint density at radius 1 is 1.56 bits per heavy atom. The van der Waals surface area contributed by atoms with Crippen LogP contribution < -0.4 is 5.32 Å². The lowest BCUT2D eigenvalue weighted by molar-refractivity contribution is -0.118. The third kappa shape index (κ3) is 3.91. The second kappa shape index (κ2) is 6.40. The van der Waals surface area contributed by atoms with Crippen molar-refractivity contribution in [1.29, 1.82) is 0 Å². The molecule has 0 aromatic heterocycles. The van der Waals surface area contributed by atoms with Gasteiger partial charge in [-0.3, -0.25) is 9.59 Å². The van der Waals surface area contributed by atoms with Crippen LogP contribution >= 0.6 is 0 Å². The van der Waals surface area contributed by atoms with E-state index >= 15 is 0 Å². The molecule has 2 N–H and O–H groups in total. The summed E-state index contributed by atoms with van der Waals surface area (Å²) in [5.74, 6) is 3.68. The van der Waals surface area contributed by atoms with Gasteiger partial charge in [-0.1, -0.05) is 11.8 Å². The smallest absolute Gasteiger partial charge is 0.216 e. The molecule has 1 amide bonds. The number of phenolic OH excluding ortho intramolecular Hbond substituents is 1. The maximum absolute atomic E-state index is 13.2. The molecular formula is C13H12FNO3. The van der Waals surface area contributed by atoms with E-state index in [2.05, 4.69) is 17.2 Å². The molecule has 4 nitrogen and oxygen atoms in total. The van der Waals surface area contributed by atoms with Gasteiger partial charge in [0.2, 0.25) is 5.91 Å². The zero-order valence-corrected chi connectivity index (χ0v) is 9.79. The number of nitrogens with one attached hydrogen (secondary N) is 1. The van der Waals surface area contributed by atoms with Crippen molar-refractivity contribution < 1.29 is 19.1 Å². The Bertz CT molecular complexity index is 529. The van der Waals surface area contributed by atoms with Crippen molar-refractivity contribution in [3.05, 3.63) is 29.1 Å². The minimum atomic E-state index is -0.884. The van der Waals surface area contributed by atoms with Crippen molar-refractivity contribution in [2.24, 2.45) is 0 Å². The number of halogens is 1. The molecule has 0 radical (unpaired) electrons. The van der Waals surface area contributed by atoms with Gasteiger partial charge in [-0.25, -0.2) is 4.39 Å². The number of rotatable bonds is 3. The summed E-state index contributed by atoms with van der Waals surface area (Å²) < 4.78 is 13.2. The van der Waals surface area contributed by atoms with Crippen LogP contribution in [-0.4, -0.2) is 23.8 Å². The largest absolute Gasteiger partial charge is 0.504 e. The van der Waals surface area contributed by atoms with Crippen LogP contribution in [0, 0.1) is 17.7 Å². The van der Waals surface area contributed by atoms with Gasteiger partial charge in [-0.15, -0.1) is 0 Å². The molecule has 94 valence electrons. The number of carbonyl (C=O) groups is 2. The fraction of sp³-hybridized carbons (Fsp3) is 0.231. The van der Waals surface area contributed by atoms with Crippen LogP contribution in [0.5, 0.6) is 5.75 Å². The molecule has 1 aromatic rings. The monoisotopic (exact) mass is 249 g/mol. The van der Waals surface area contributed by atoms with Crippen molar-refractivity contribution in [3.63, 3.8) is 0 Å². The van der Waals surface area contributed by atoms with E-state index in [0.29, 0.717) is 24.8 Å². The SMILES string of the molecule is CC(=O)NCCC#Cc1cc(F)c(O)c(C=O)c1. The molecule has 0 atom stereocenters. The van der Waals surface area contributed by atoms with Gasteiger partial charge in [0.25, 0.3) is 0 Å². The highest BCUT2D eigenvalue weighted by Crippen LogP contribution is 2.21. The molecule has 0 aliphatic rings. The molecule has 0 saturated carbocycles. The first kappa shape index (κ1) is 13.7. The molecule has 0 aliphatic heterocycles. The van der Waals surface area contributed by atoms with E-state index in [1.807, 2.05) is 0 Å². The van der Waals surface area contributed by atoms with Crippen LogP contribution in [-0.2, 0) is 4.79 Å². The summed E-state index contributed by atoms with van der Waals surface area (Å²) >= 11 is 0. The summed E-state index contributed by atoms with van der Waals surface area (Å²) in [6, 6.07) is 2.35. The number of hydrogen-bond acceptors (Lipinski definition) is 3. The van der Waals surface area contributed by atoms with E-state index in [-0.39, 0.29) is 11.5 Å². The average Bonchev–Trinajstić information content (AvgIpc) is 2.32. The summed E-state index contributed by atoms with van der Waals surface area (Å²) in [6.45, 7) is 1.81. The van der Waals surface area contributed by atoms with Crippen LogP contribution in [0.3, 0.4) is 0 Å². The second-order valence-corrected chi connectivity index (χ2v) is 3.55. The molecule has 0 bridgehead atoms. The topological polar surface area (TPSA) is 66.4 Å². The van der Waals surface area contributed by atoms with Crippen molar-refractivity contribution in [2.75, 3.05) is 6.54 Å². The lowest BCUT2D eigenvalue weighted by atomic mass is 10.1. The predicted octanol–water partition coefficient (Wildman–Crippen LogP) is 1.22. The van der Waals surface area contributed by atoms with Gasteiger partial charge in [0.05, 0.1) is 5.56 Å². The Balaban J connectivity index is 2.73. The highest BCUT2D eigenvalue weighted by Gasteiger charge is 2.07. The highest BCUT2D eigenvalue weighted by atomic mass is 19.1. The van der Waals surface area contributed by atoms with E-state index < -0.39 is 11.6 Å². The molecule has 0 heterocycles. The van der Waals surface area contributed by atoms with Crippen LogP contribution in [0.15, 0.2) is 12.1 Å². The summed E-state index contributed by atoms with van der Waals surface area (Å²) in [6.07, 6.45) is 0.777. The number of carbonyl (C=O) groups excluding carboxylic acids is 2. The van der Waals surface area contributed by atoms with Gasteiger partial charge in [0.1, 0.15) is 0 Å². The quantitative estimate of drug-likeness (QED) is 0.481. The molecule has 1 aromatic carbocycles. The van der Waals surface area contributed by atoms with Gasteiger partial charge in [0, 0.05) is 25.5 Å². The molecular weight excluding hydrogens is 237 g/mol. The van der Waals surface area contributed by atoms with E-state index in [1.54, 1.807) is 0 Å². The predicted molar refractivity (Wildman–Crippen MR) is 63.6 cm³/mol. The lowest BCUT2D eigenvalue weighted by Crippen LogP contribution is -2.20. The summed E-state index contributed by atoms with van der Waals surface area (Å²) in [7, 11) is 0. The number of aromatic hydroxyl groups is 1. The first-order chi connectivity index (χ1) is 8.54. The highest BCUT2D eigenvalue weighted by molar-refractivity contribution is 5.80. The van der Waals surface area contributed by atoms with E-state index in [1.165, 1.54) is 13.0 Å². The first-order valence-electron chi connectivity index (χ1n) is 5.25. The number of benzene rings is 1. The second-order valence-electron chi connectivity index (χ2n) is 3.55. The van der Waals surface area contributed by atoms with Gasteiger partial charge < -0.3 is 10.4 Å². The van der Waals surface area contributed by atoms with Crippen LogP contribution in [0.2, 0.25) is 0 Å². The van der Waals surface area contributed by atoms with Crippen molar-refractivity contribution in [2.45, 2.75) is 13.3 Å². The molecule has 1 rings (SSSR count). The Morgan fingerprint density at radius 3 is 2.89 bits per heavy atom. The Hall–Kier alpha value is -2.35. The fourth-order valence-electron chi connectivity index (χ4n) is 1.25. The summed E-state index contributed by atoms with van der Waals surface area (Å²) in [4.78, 5) is 21.1. The molecule has 0 spiro atoms. The van der Waals surface area contributed by atoms with E-state index in [0.717, 1.165) is 6.07 Å². The minimum Gasteiger partial charge on any atom is -0.504 e. The fourth-order valence-corrected chi connectivity index (χ4v) is 1.25. The zero-order valence-electron chi connectivity index (χ0n) is 9.79. The number of amides is 1. The third-order valence-electron chi connectivity index (χ3n) is 2.08. The summed E-state index contributed by atoms with van der Waals surface area (Å²) in [5.41, 5.74) is 0.163. The average molecular weight is 249 g/mol.